The molecule has 17 heavy (non-hydrogen) atoms. The van der Waals surface area contributed by atoms with Gasteiger partial charge in [0.1, 0.15) is 11.6 Å². The smallest absolute Gasteiger partial charge is 0.150 e. The van der Waals surface area contributed by atoms with Crippen LogP contribution in [0.2, 0.25) is 0 Å². The standard InChI is InChI=1S/C12H10FN3O/c13-11-4-9(6-14)3-10(5-11)7-15-8-12-1-2-16-17-12/h1-5,15H,7-8H2. The molecule has 1 aromatic heterocycles. The van der Waals surface area contributed by atoms with E-state index in [0.717, 1.165) is 5.56 Å². The molecule has 0 bridgehead atoms. The Bertz CT molecular complexity index is 531. The quantitative estimate of drug-likeness (QED) is 0.873. The zero-order chi connectivity index (χ0) is 12.1. The van der Waals surface area contributed by atoms with E-state index in [4.69, 9.17) is 9.78 Å². The maximum Gasteiger partial charge on any atom is 0.150 e. The zero-order valence-corrected chi connectivity index (χ0v) is 8.98. The highest BCUT2D eigenvalue weighted by Crippen LogP contribution is 2.08. The second-order valence-corrected chi connectivity index (χ2v) is 3.54. The van der Waals surface area contributed by atoms with E-state index < -0.39 is 5.82 Å². The Morgan fingerprint density at radius 2 is 2.24 bits per heavy atom. The van der Waals surface area contributed by atoms with E-state index >= 15 is 0 Å². The van der Waals surface area contributed by atoms with Crippen molar-refractivity contribution in [2.45, 2.75) is 13.1 Å². The molecule has 0 saturated heterocycles. The van der Waals surface area contributed by atoms with Gasteiger partial charge in [0.15, 0.2) is 0 Å². The first-order chi connectivity index (χ1) is 8.28. The van der Waals surface area contributed by atoms with Crippen molar-refractivity contribution in [3.63, 3.8) is 0 Å². The molecule has 86 valence electrons. The van der Waals surface area contributed by atoms with Crippen molar-refractivity contribution in [1.82, 2.24) is 10.5 Å². The summed E-state index contributed by atoms with van der Waals surface area (Å²) in [6, 6.07) is 7.92. The zero-order valence-electron chi connectivity index (χ0n) is 8.98. The van der Waals surface area contributed by atoms with E-state index in [-0.39, 0.29) is 0 Å². The molecule has 0 atom stereocenters. The lowest BCUT2D eigenvalue weighted by Crippen LogP contribution is -2.12. The van der Waals surface area contributed by atoms with Gasteiger partial charge in [-0.1, -0.05) is 5.16 Å². The number of aromatic nitrogens is 1. The fourth-order valence-electron chi connectivity index (χ4n) is 1.48. The molecular formula is C12H10FN3O. The molecule has 4 nitrogen and oxygen atoms in total. The number of nitriles is 1. The normalized spacial score (nSPS) is 10.1. The predicted molar refractivity (Wildman–Crippen MR) is 58.2 cm³/mol. The molecule has 0 aliphatic heterocycles. The van der Waals surface area contributed by atoms with Crippen molar-refractivity contribution in [2.24, 2.45) is 0 Å². The molecule has 2 aromatic rings. The average molecular weight is 231 g/mol. The van der Waals surface area contributed by atoms with Gasteiger partial charge in [-0.05, 0) is 23.8 Å². The molecule has 0 spiro atoms. The first-order valence-electron chi connectivity index (χ1n) is 5.08. The van der Waals surface area contributed by atoms with Crippen LogP contribution < -0.4 is 5.32 Å². The van der Waals surface area contributed by atoms with Crippen LogP contribution in [0.5, 0.6) is 0 Å². The maximum atomic E-state index is 13.1. The molecule has 0 fully saturated rings. The summed E-state index contributed by atoms with van der Waals surface area (Å²) in [5.41, 5.74) is 1.04. The van der Waals surface area contributed by atoms with Gasteiger partial charge < -0.3 is 9.84 Å². The van der Waals surface area contributed by atoms with Crippen molar-refractivity contribution in [3.05, 3.63) is 53.2 Å². The molecular weight excluding hydrogens is 221 g/mol. The Morgan fingerprint density at radius 3 is 2.94 bits per heavy atom. The molecule has 0 saturated carbocycles. The van der Waals surface area contributed by atoms with Gasteiger partial charge in [-0.2, -0.15) is 5.26 Å². The van der Waals surface area contributed by atoms with Crippen molar-refractivity contribution >= 4 is 0 Å². The molecule has 1 heterocycles. The summed E-state index contributed by atoms with van der Waals surface area (Å²) < 4.78 is 18.0. The number of halogens is 1. The second kappa shape index (κ2) is 5.23. The van der Waals surface area contributed by atoms with Gasteiger partial charge in [0.05, 0.1) is 24.4 Å². The minimum absolute atomic E-state index is 0.321. The molecule has 0 aliphatic carbocycles. The van der Waals surface area contributed by atoms with Gasteiger partial charge >= 0.3 is 0 Å². The fourth-order valence-corrected chi connectivity index (χ4v) is 1.48. The molecule has 5 heteroatoms. The SMILES string of the molecule is N#Cc1cc(F)cc(CNCc2ccno2)c1. The Morgan fingerprint density at radius 1 is 1.35 bits per heavy atom. The van der Waals surface area contributed by atoms with Crippen molar-refractivity contribution in [1.29, 1.82) is 5.26 Å². The third kappa shape index (κ3) is 3.13. The van der Waals surface area contributed by atoms with Crippen LogP contribution in [0.4, 0.5) is 4.39 Å². The molecule has 0 amide bonds. The Labute approximate surface area is 97.7 Å². The average Bonchev–Trinajstić information content (AvgIpc) is 2.81. The number of hydrogen-bond acceptors (Lipinski definition) is 4. The third-order valence-corrected chi connectivity index (χ3v) is 2.21. The fraction of sp³-hybridized carbons (Fsp3) is 0.167. The lowest BCUT2D eigenvalue weighted by atomic mass is 10.1. The summed E-state index contributed by atoms with van der Waals surface area (Å²) in [6.07, 6.45) is 1.56. The largest absolute Gasteiger partial charge is 0.360 e. The Kier molecular flexibility index (Phi) is 3.48. The Hall–Kier alpha value is -2.19. The van der Waals surface area contributed by atoms with Crippen LogP contribution in [0.3, 0.4) is 0 Å². The number of rotatable bonds is 4. The predicted octanol–water partition coefficient (Wildman–Crippen LogP) is 1.98. The lowest BCUT2D eigenvalue weighted by Gasteiger charge is -2.03. The summed E-state index contributed by atoms with van der Waals surface area (Å²) in [6.45, 7) is 0.978. The highest BCUT2D eigenvalue weighted by molar-refractivity contribution is 5.33. The topological polar surface area (TPSA) is 61.9 Å². The van der Waals surface area contributed by atoms with Crippen LogP contribution >= 0.6 is 0 Å². The van der Waals surface area contributed by atoms with E-state index in [1.54, 1.807) is 18.3 Å². The van der Waals surface area contributed by atoms with Crippen LogP contribution in [-0.2, 0) is 13.1 Å². The van der Waals surface area contributed by atoms with Gasteiger partial charge in [0, 0.05) is 12.6 Å². The monoisotopic (exact) mass is 231 g/mol. The molecule has 0 unspecified atom stereocenters. The van der Waals surface area contributed by atoms with E-state index in [1.807, 2.05) is 6.07 Å². The summed E-state index contributed by atoms with van der Waals surface area (Å²) in [5, 5.41) is 15.3. The van der Waals surface area contributed by atoms with Gasteiger partial charge in [-0.3, -0.25) is 0 Å². The van der Waals surface area contributed by atoms with Crippen molar-refractivity contribution in [2.75, 3.05) is 0 Å². The van der Waals surface area contributed by atoms with Crippen molar-refractivity contribution < 1.29 is 8.91 Å². The van der Waals surface area contributed by atoms with Crippen LogP contribution in [0.15, 0.2) is 35.0 Å². The number of hydrogen-bond donors (Lipinski definition) is 1. The van der Waals surface area contributed by atoms with Gasteiger partial charge in [0.2, 0.25) is 0 Å². The summed E-state index contributed by atoms with van der Waals surface area (Å²) in [7, 11) is 0. The third-order valence-electron chi connectivity index (χ3n) is 2.21. The minimum Gasteiger partial charge on any atom is -0.360 e. The highest BCUT2D eigenvalue weighted by Gasteiger charge is 2.01. The van der Waals surface area contributed by atoms with Gasteiger partial charge in [0.25, 0.3) is 0 Å². The van der Waals surface area contributed by atoms with Crippen LogP contribution in [-0.4, -0.2) is 5.16 Å². The molecule has 1 aromatic carbocycles. The van der Waals surface area contributed by atoms with E-state index in [2.05, 4.69) is 10.5 Å². The first-order valence-corrected chi connectivity index (χ1v) is 5.08. The number of nitrogens with one attached hydrogen (secondary N) is 1. The lowest BCUT2D eigenvalue weighted by molar-refractivity contribution is 0.372. The van der Waals surface area contributed by atoms with E-state index in [9.17, 15) is 4.39 Å². The second-order valence-electron chi connectivity index (χ2n) is 3.54. The van der Waals surface area contributed by atoms with Crippen molar-refractivity contribution in [3.8, 4) is 6.07 Å². The maximum absolute atomic E-state index is 13.1. The minimum atomic E-state index is -0.402. The number of nitrogens with zero attached hydrogens (tertiary/aromatic N) is 2. The van der Waals surface area contributed by atoms with Gasteiger partial charge in [-0.15, -0.1) is 0 Å². The number of benzene rings is 1. The molecule has 1 N–H and O–H groups in total. The summed E-state index contributed by atoms with van der Waals surface area (Å²) in [4.78, 5) is 0. The van der Waals surface area contributed by atoms with E-state index in [0.29, 0.717) is 24.4 Å². The van der Waals surface area contributed by atoms with Crippen LogP contribution in [0.1, 0.15) is 16.9 Å². The molecule has 0 radical (unpaired) electrons. The van der Waals surface area contributed by atoms with Crippen LogP contribution in [0.25, 0.3) is 0 Å². The highest BCUT2D eigenvalue weighted by atomic mass is 19.1. The first kappa shape index (κ1) is 11.3. The summed E-state index contributed by atoms with van der Waals surface area (Å²) >= 11 is 0. The van der Waals surface area contributed by atoms with Crippen LogP contribution in [0, 0.1) is 17.1 Å². The molecule has 2 rings (SSSR count). The summed E-state index contributed by atoms with van der Waals surface area (Å²) in [5.74, 6) is 0.308. The Balaban J connectivity index is 1.95. The van der Waals surface area contributed by atoms with E-state index in [1.165, 1.54) is 12.1 Å². The molecule has 0 aliphatic rings. The van der Waals surface area contributed by atoms with Gasteiger partial charge in [-0.25, -0.2) is 4.39 Å².